The molecule has 2 nitrogen and oxygen atoms in total. The molecular weight excluding hydrogens is 304 g/mol. The van der Waals surface area contributed by atoms with Crippen LogP contribution in [0.15, 0.2) is 0 Å². The van der Waals surface area contributed by atoms with Crippen LogP contribution in [0.2, 0.25) is 0 Å². The normalized spacial score (nSPS) is 12.7. The largest absolute Gasteiger partial charge is 0.328 e. The number of hydrogen-bond acceptors (Lipinski definition) is 0. The Bertz CT molecular complexity index is 256. The van der Waals surface area contributed by atoms with E-state index in [0.717, 1.165) is 0 Å². The molecule has 0 aromatic heterocycles. The Morgan fingerprint density at radius 2 is 0.640 bits per heavy atom. The number of nitrogens with zero attached hydrogens (tertiary/aromatic N) is 2. The van der Waals surface area contributed by atoms with Crippen molar-refractivity contribution in [2.75, 3.05) is 54.4 Å². The zero-order valence-electron chi connectivity index (χ0n) is 18.9. The summed E-state index contributed by atoms with van der Waals surface area (Å²) in [5, 5.41) is 0. The van der Waals surface area contributed by atoms with Crippen LogP contribution >= 0.6 is 0 Å². The molecule has 0 atom stereocenters. The summed E-state index contributed by atoms with van der Waals surface area (Å²) in [6.07, 6.45) is 18.4. The Morgan fingerprint density at radius 1 is 0.360 bits per heavy atom. The van der Waals surface area contributed by atoms with Crippen LogP contribution in [0.3, 0.4) is 0 Å². The third kappa shape index (κ3) is 17.1. The fourth-order valence-corrected chi connectivity index (χ4v) is 3.79. The molecule has 0 aromatic rings. The second kappa shape index (κ2) is 15.0. The van der Waals surface area contributed by atoms with Crippen molar-refractivity contribution in [1.29, 1.82) is 0 Å². The Kier molecular flexibility index (Phi) is 15.0. The molecule has 0 heterocycles. The molecule has 0 amide bonds. The highest BCUT2D eigenvalue weighted by atomic mass is 15.3. The molecule has 0 aromatic carbocycles. The Balaban J connectivity index is 3.71. The molecule has 0 unspecified atom stereocenters. The maximum atomic E-state index is 2.43. The van der Waals surface area contributed by atoms with E-state index in [2.05, 4.69) is 42.0 Å². The number of quaternary nitrogens is 2. The molecule has 0 aliphatic rings. The summed E-state index contributed by atoms with van der Waals surface area (Å²) in [7, 11) is 9.72. The lowest BCUT2D eigenvalue weighted by atomic mass is 10.1. The van der Waals surface area contributed by atoms with Crippen molar-refractivity contribution in [3.63, 3.8) is 0 Å². The molecule has 0 saturated carbocycles. The molecule has 0 fully saturated rings. The molecule has 0 N–H and O–H groups in total. The first-order chi connectivity index (χ1) is 11.8. The van der Waals surface area contributed by atoms with E-state index < -0.39 is 0 Å². The highest BCUT2D eigenvalue weighted by molar-refractivity contribution is 4.47. The predicted octanol–water partition coefficient (Wildman–Crippen LogP) is 6.25. The van der Waals surface area contributed by atoms with Gasteiger partial charge in [0.05, 0.1) is 54.4 Å². The van der Waals surface area contributed by atoms with E-state index in [-0.39, 0.29) is 0 Å². The van der Waals surface area contributed by atoms with E-state index in [0.29, 0.717) is 0 Å². The van der Waals surface area contributed by atoms with Gasteiger partial charge in [-0.3, -0.25) is 0 Å². The topological polar surface area (TPSA) is 0 Å². The molecule has 0 aliphatic carbocycles. The van der Waals surface area contributed by atoms with Crippen LogP contribution in [0, 0.1) is 0 Å². The van der Waals surface area contributed by atoms with E-state index in [1.165, 1.54) is 119 Å². The number of hydrogen-bond donors (Lipinski definition) is 0. The van der Waals surface area contributed by atoms with Crippen molar-refractivity contribution in [3.8, 4) is 0 Å². The summed E-state index contributed by atoms with van der Waals surface area (Å²) in [6, 6.07) is 0. The number of rotatable bonds is 18. The van der Waals surface area contributed by atoms with Gasteiger partial charge in [-0.2, -0.15) is 0 Å². The third-order valence-electron chi connectivity index (χ3n) is 5.76. The van der Waals surface area contributed by atoms with Crippen LogP contribution in [0.25, 0.3) is 0 Å². The average Bonchev–Trinajstić information content (AvgIpc) is 2.53. The van der Waals surface area contributed by atoms with Crippen LogP contribution in [0.4, 0.5) is 0 Å². The Hall–Kier alpha value is -0.0800. The predicted molar refractivity (Wildman–Crippen MR) is 115 cm³/mol. The van der Waals surface area contributed by atoms with Crippen molar-refractivity contribution in [3.05, 3.63) is 0 Å². The summed E-state index contributed by atoms with van der Waals surface area (Å²) >= 11 is 0. The van der Waals surface area contributed by atoms with Crippen molar-refractivity contribution in [1.82, 2.24) is 0 Å². The smallest absolute Gasteiger partial charge is 0.0836 e. The second-order valence-corrected chi connectivity index (χ2v) is 9.65. The first kappa shape index (κ1) is 24.9. The van der Waals surface area contributed by atoms with Gasteiger partial charge in [-0.1, -0.05) is 65.2 Å². The highest BCUT2D eigenvalue weighted by Gasteiger charge is 2.19. The molecule has 0 radical (unpaired) electrons. The highest BCUT2D eigenvalue weighted by Crippen LogP contribution is 2.11. The number of unbranched alkanes of at least 4 members (excludes halogenated alkanes) is 10. The lowest BCUT2D eigenvalue weighted by Crippen LogP contribution is -2.46. The molecule has 0 rings (SSSR count). The fraction of sp³-hybridized carbons (Fsp3) is 1.00. The molecule has 152 valence electrons. The Labute approximate surface area is 161 Å². The van der Waals surface area contributed by atoms with Gasteiger partial charge in [-0.25, -0.2) is 0 Å². The first-order valence-corrected chi connectivity index (χ1v) is 11.5. The van der Waals surface area contributed by atoms with Gasteiger partial charge in [-0.15, -0.1) is 0 Å². The average molecular weight is 357 g/mol. The van der Waals surface area contributed by atoms with E-state index in [1.807, 2.05) is 0 Å². The van der Waals surface area contributed by atoms with Gasteiger partial charge in [0.1, 0.15) is 0 Å². The van der Waals surface area contributed by atoms with Gasteiger partial charge in [0, 0.05) is 6.42 Å². The van der Waals surface area contributed by atoms with Crippen molar-refractivity contribution >= 4 is 0 Å². The second-order valence-electron chi connectivity index (χ2n) is 9.65. The van der Waals surface area contributed by atoms with Gasteiger partial charge in [0.25, 0.3) is 0 Å². The van der Waals surface area contributed by atoms with E-state index in [1.54, 1.807) is 0 Å². The monoisotopic (exact) mass is 356 g/mol. The molecule has 0 bridgehead atoms. The fourth-order valence-electron chi connectivity index (χ4n) is 3.79. The van der Waals surface area contributed by atoms with Crippen LogP contribution in [0.1, 0.15) is 97.3 Å². The molecule has 0 saturated heterocycles. The molecular formula is C23H52N2+2. The summed E-state index contributed by atoms with van der Waals surface area (Å²) in [5.41, 5.74) is 0. The zero-order valence-corrected chi connectivity index (χ0v) is 18.9. The summed E-state index contributed by atoms with van der Waals surface area (Å²) in [5.74, 6) is 0. The van der Waals surface area contributed by atoms with Gasteiger partial charge in [0.2, 0.25) is 0 Å². The lowest BCUT2D eigenvalue weighted by Gasteiger charge is -2.33. The van der Waals surface area contributed by atoms with E-state index in [9.17, 15) is 0 Å². The zero-order chi connectivity index (χ0) is 19.0. The Morgan fingerprint density at radius 3 is 1.00 bits per heavy atom. The molecule has 2 heteroatoms. The van der Waals surface area contributed by atoms with E-state index >= 15 is 0 Å². The van der Waals surface area contributed by atoms with Crippen molar-refractivity contribution < 1.29 is 8.97 Å². The van der Waals surface area contributed by atoms with Crippen LogP contribution in [-0.4, -0.2) is 63.3 Å². The van der Waals surface area contributed by atoms with Crippen molar-refractivity contribution in [2.24, 2.45) is 0 Å². The first-order valence-electron chi connectivity index (χ1n) is 11.5. The standard InChI is InChI=1S/C23H52N2/c1-7-9-11-13-15-17-20-24(3,4)22-19-23-25(5,6)21-18-16-14-12-10-8-2/h7-23H2,1-6H3/q+2. The van der Waals surface area contributed by atoms with Gasteiger partial charge >= 0.3 is 0 Å². The SMILES string of the molecule is CCCCCCCC[N+](C)(C)CCC[N+](C)(C)CCCCCCCC. The quantitative estimate of drug-likeness (QED) is 0.201. The molecule has 0 aliphatic heterocycles. The van der Waals surface area contributed by atoms with Crippen LogP contribution in [0.5, 0.6) is 0 Å². The maximum Gasteiger partial charge on any atom is 0.0836 e. The minimum Gasteiger partial charge on any atom is -0.328 e. The minimum absolute atomic E-state index is 1.21. The molecule has 0 spiro atoms. The third-order valence-corrected chi connectivity index (χ3v) is 5.76. The van der Waals surface area contributed by atoms with Gasteiger partial charge in [0.15, 0.2) is 0 Å². The van der Waals surface area contributed by atoms with Gasteiger partial charge in [-0.05, 0) is 25.7 Å². The van der Waals surface area contributed by atoms with E-state index in [4.69, 9.17) is 0 Å². The molecule has 25 heavy (non-hydrogen) atoms. The summed E-state index contributed by atoms with van der Waals surface area (Å²) in [4.78, 5) is 0. The van der Waals surface area contributed by atoms with Crippen molar-refractivity contribution in [2.45, 2.75) is 97.3 Å². The van der Waals surface area contributed by atoms with Crippen LogP contribution < -0.4 is 0 Å². The minimum atomic E-state index is 1.21. The lowest BCUT2D eigenvalue weighted by molar-refractivity contribution is -0.909. The maximum absolute atomic E-state index is 2.43. The summed E-state index contributed by atoms with van der Waals surface area (Å²) in [6.45, 7) is 9.99. The van der Waals surface area contributed by atoms with Crippen LogP contribution in [-0.2, 0) is 0 Å². The summed E-state index contributed by atoms with van der Waals surface area (Å²) < 4.78 is 2.43. The van der Waals surface area contributed by atoms with Gasteiger partial charge < -0.3 is 8.97 Å².